The molecule has 0 radical (unpaired) electrons. The van der Waals surface area contributed by atoms with Gasteiger partial charge in [0.05, 0.1) is 13.0 Å². The lowest BCUT2D eigenvalue weighted by Crippen LogP contribution is -2.36. The minimum atomic E-state index is -2.87. The van der Waals surface area contributed by atoms with Crippen molar-refractivity contribution in [1.82, 2.24) is 10.2 Å². The standard InChI is InChI=1S/C13H16F2N2O3/c1-17(2)12(19)8-16-11(18)7-9-3-5-10(6-4-9)20-13(14)15/h3-6,13H,7-8H2,1-2H3,(H,16,18). The van der Waals surface area contributed by atoms with Crippen LogP contribution in [-0.2, 0) is 16.0 Å². The van der Waals surface area contributed by atoms with Gasteiger partial charge in [-0.15, -0.1) is 0 Å². The zero-order valence-corrected chi connectivity index (χ0v) is 11.2. The van der Waals surface area contributed by atoms with Gasteiger partial charge in [-0.25, -0.2) is 0 Å². The molecule has 0 unspecified atom stereocenters. The summed E-state index contributed by atoms with van der Waals surface area (Å²) in [5.41, 5.74) is 0.640. The Balaban J connectivity index is 2.44. The molecule has 0 aliphatic rings. The molecular weight excluding hydrogens is 270 g/mol. The molecule has 0 aromatic heterocycles. The van der Waals surface area contributed by atoms with Gasteiger partial charge in [0.25, 0.3) is 0 Å². The van der Waals surface area contributed by atoms with Crippen LogP contribution >= 0.6 is 0 Å². The number of hydrogen-bond acceptors (Lipinski definition) is 3. The van der Waals surface area contributed by atoms with Gasteiger partial charge in [-0.2, -0.15) is 8.78 Å². The zero-order valence-electron chi connectivity index (χ0n) is 11.2. The molecule has 110 valence electrons. The third kappa shape index (κ3) is 5.64. The van der Waals surface area contributed by atoms with E-state index in [0.717, 1.165) is 0 Å². The highest BCUT2D eigenvalue weighted by Crippen LogP contribution is 2.15. The van der Waals surface area contributed by atoms with Crippen LogP contribution in [0, 0.1) is 0 Å². The summed E-state index contributed by atoms with van der Waals surface area (Å²) in [6.07, 6.45) is 0.0651. The molecule has 0 aliphatic carbocycles. The first-order valence-corrected chi connectivity index (χ1v) is 5.89. The van der Waals surface area contributed by atoms with Gasteiger partial charge in [0.2, 0.25) is 11.8 Å². The average molecular weight is 286 g/mol. The molecule has 1 N–H and O–H groups in total. The molecule has 20 heavy (non-hydrogen) atoms. The Morgan fingerprint density at radius 1 is 1.25 bits per heavy atom. The summed E-state index contributed by atoms with van der Waals surface area (Å²) < 4.78 is 28.1. The maximum Gasteiger partial charge on any atom is 0.387 e. The van der Waals surface area contributed by atoms with Crippen LogP contribution in [0.4, 0.5) is 8.78 Å². The van der Waals surface area contributed by atoms with Gasteiger partial charge in [-0.05, 0) is 17.7 Å². The van der Waals surface area contributed by atoms with Crippen molar-refractivity contribution in [3.63, 3.8) is 0 Å². The number of halogens is 2. The molecule has 0 fully saturated rings. The number of hydrogen-bond donors (Lipinski definition) is 1. The van der Waals surface area contributed by atoms with E-state index >= 15 is 0 Å². The number of carbonyl (C=O) groups excluding carboxylic acids is 2. The second kappa shape index (κ2) is 7.42. The molecule has 0 saturated carbocycles. The van der Waals surface area contributed by atoms with Gasteiger partial charge in [-0.1, -0.05) is 12.1 Å². The molecule has 0 aliphatic heterocycles. The van der Waals surface area contributed by atoms with Crippen LogP contribution in [-0.4, -0.2) is 44.0 Å². The van der Waals surface area contributed by atoms with E-state index in [4.69, 9.17) is 0 Å². The first kappa shape index (κ1) is 15.9. The second-order valence-corrected chi connectivity index (χ2v) is 4.26. The van der Waals surface area contributed by atoms with E-state index in [9.17, 15) is 18.4 Å². The molecule has 0 atom stereocenters. The van der Waals surface area contributed by atoms with Crippen molar-refractivity contribution in [2.75, 3.05) is 20.6 Å². The number of amides is 2. The Morgan fingerprint density at radius 3 is 2.35 bits per heavy atom. The van der Waals surface area contributed by atoms with Crippen LogP contribution < -0.4 is 10.1 Å². The number of ether oxygens (including phenoxy) is 1. The average Bonchev–Trinajstić information content (AvgIpc) is 2.37. The number of nitrogens with one attached hydrogen (secondary N) is 1. The molecule has 0 heterocycles. The normalized spacial score (nSPS) is 10.2. The maximum absolute atomic E-state index is 12.0. The topological polar surface area (TPSA) is 58.6 Å². The lowest BCUT2D eigenvalue weighted by atomic mass is 10.1. The lowest BCUT2D eigenvalue weighted by molar-refractivity contribution is -0.130. The van der Waals surface area contributed by atoms with Crippen LogP contribution in [0.2, 0.25) is 0 Å². The first-order valence-electron chi connectivity index (χ1n) is 5.89. The fourth-order valence-corrected chi connectivity index (χ4v) is 1.37. The third-order valence-electron chi connectivity index (χ3n) is 2.45. The quantitative estimate of drug-likeness (QED) is 0.850. The molecule has 5 nitrogen and oxygen atoms in total. The van der Waals surface area contributed by atoms with E-state index in [2.05, 4.69) is 10.1 Å². The van der Waals surface area contributed by atoms with E-state index in [1.54, 1.807) is 14.1 Å². The molecule has 7 heteroatoms. The molecule has 1 aromatic carbocycles. The number of nitrogens with zero attached hydrogens (tertiary/aromatic N) is 1. The monoisotopic (exact) mass is 286 g/mol. The molecule has 0 bridgehead atoms. The van der Waals surface area contributed by atoms with Crippen molar-refractivity contribution in [2.24, 2.45) is 0 Å². The minimum Gasteiger partial charge on any atom is -0.435 e. The van der Waals surface area contributed by atoms with Crippen molar-refractivity contribution in [1.29, 1.82) is 0 Å². The number of likely N-dealkylation sites (N-methyl/N-ethyl adjacent to an activating group) is 1. The Hall–Kier alpha value is -2.18. The largest absolute Gasteiger partial charge is 0.435 e. The second-order valence-electron chi connectivity index (χ2n) is 4.26. The van der Waals surface area contributed by atoms with E-state index < -0.39 is 6.61 Å². The van der Waals surface area contributed by atoms with E-state index in [-0.39, 0.29) is 30.5 Å². The summed E-state index contributed by atoms with van der Waals surface area (Å²) in [6, 6.07) is 5.76. The van der Waals surface area contributed by atoms with Crippen LogP contribution in [0.1, 0.15) is 5.56 Å². The molecule has 1 rings (SSSR count). The number of alkyl halides is 2. The minimum absolute atomic E-state index is 0.0342. The van der Waals surface area contributed by atoms with Crippen LogP contribution in [0.3, 0.4) is 0 Å². The Kier molecular flexibility index (Phi) is 5.89. The van der Waals surface area contributed by atoms with E-state index in [0.29, 0.717) is 5.56 Å². The summed E-state index contributed by atoms with van der Waals surface area (Å²) in [5, 5.41) is 2.48. The third-order valence-corrected chi connectivity index (χ3v) is 2.45. The highest BCUT2D eigenvalue weighted by molar-refractivity contribution is 5.85. The summed E-state index contributed by atoms with van der Waals surface area (Å²) in [5.74, 6) is -0.492. The highest BCUT2D eigenvalue weighted by atomic mass is 19.3. The van der Waals surface area contributed by atoms with Crippen LogP contribution in [0.15, 0.2) is 24.3 Å². The van der Waals surface area contributed by atoms with Gasteiger partial charge >= 0.3 is 6.61 Å². The summed E-state index contributed by atoms with van der Waals surface area (Å²) >= 11 is 0. The van der Waals surface area contributed by atoms with Crippen molar-refractivity contribution < 1.29 is 23.1 Å². The summed E-state index contributed by atoms with van der Waals surface area (Å²) in [7, 11) is 3.19. The van der Waals surface area contributed by atoms with Gasteiger partial charge < -0.3 is 15.0 Å². The van der Waals surface area contributed by atoms with E-state index in [1.807, 2.05) is 0 Å². The molecule has 0 spiro atoms. The Bertz CT molecular complexity index is 461. The molecule has 2 amide bonds. The van der Waals surface area contributed by atoms with Gasteiger partial charge in [0.1, 0.15) is 5.75 Å². The highest BCUT2D eigenvalue weighted by Gasteiger charge is 2.08. The number of rotatable bonds is 6. The molecule has 0 saturated heterocycles. The Labute approximate surface area is 115 Å². The van der Waals surface area contributed by atoms with Crippen molar-refractivity contribution in [3.8, 4) is 5.75 Å². The summed E-state index contributed by atoms with van der Waals surface area (Å²) in [4.78, 5) is 24.2. The molecular formula is C13H16F2N2O3. The predicted molar refractivity (Wildman–Crippen MR) is 68.5 cm³/mol. The fourth-order valence-electron chi connectivity index (χ4n) is 1.37. The first-order chi connectivity index (χ1) is 9.38. The van der Waals surface area contributed by atoms with Crippen LogP contribution in [0.5, 0.6) is 5.75 Å². The number of carbonyl (C=O) groups is 2. The maximum atomic E-state index is 12.0. The lowest BCUT2D eigenvalue weighted by Gasteiger charge is -2.11. The fraction of sp³-hybridized carbons (Fsp3) is 0.385. The van der Waals surface area contributed by atoms with Gasteiger partial charge in [0, 0.05) is 14.1 Å². The van der Waals surface area contributed by atoms with Gasteiger partial charge in [0.15, 0.2) is 0 Å². The predicted octanol–water partition coefficient (Wildman–Crippen LogP) is 1.03. The smallest absolute Gasteiger partial charge is 0.387 e. The zero-order chi connectivity index (χ0) is 15.1. The van der Waals surface area contributed by atoms with Crippen LogP contribution in [0.25, 0.3) is 0 Å². The van der Waals surface area contributed by atoms with Gasteiger partial charge in [-0.3, -0.25) is 9.59 Å². The summed E-state index contributed by atoms with van der Waals surface area (Å²) in [6.45, 7) is -2.94. The van der Waals surface area contributed by atoms with Crippen molar-refractivity contribution in [2.45, 2.75) is 13.0 Å². The number of benzene rings is 1. The van der Waals surface area contributed by atoms with E-state index in [1.165, 1.54) is 29.2 Å². The molecule has 1 aromatic rings. The SMILES string of the molecule is CN(C)C(=O)CNC(=O)Cc1ccc(OC(F)F)cc1. The van der Waals surface area contributed by atoms with Crippen molar-refractivity contribution in [3.05, 3.63) is 29.8 Å². The van der Waals surface area contributed by atoms with Crippen molar-refractivity contribution >= 4 is 11.8 Å². The Morgan fingerprint density at radius 2 is 1.85 bits per heavy atom.